The lowest BCUT2D eigenvalue weighted by Crippen LogP contribution is -2.52. The average Bonchev–Trinajstić information content (AvgIpc) is 3.35. The molecule has 6 rings (SSSR count). The SMILES string of the molecule is COc1cc(N2CCC(N3CCN(C)CC3)CC2)c(Cl)cc1Nc1ncc(Cl)c(Nc2ccc3c(c2)N(C)CC3)n1. The zero-order valence-corrected chi connectivity index (χ0v) is 25.5. The van der Waals surface area contributed by atoms with Crippen LogP contribution in [0, 0.1) is 0 Å². The van der Waals surface area contributed by atoms with Gasteiger partial charge in [0.15, 0.2) is 5.82 Å². The lowest BCUT2D eigenvalue weighted by atomic mass is 10.0. The number of nitrogens with one attached hydrogen (secondary N) is 2. The number of piperazine rings is 1. The van der Waals surface area contributed by atoms with E-state index in [1.807, 2.05) is 12.1 Å². The van der Waals surface area contributed by atoms with Gasteiger partial charge in [-0.3, -0.25) is 4.90 Å². The van der Waals surface area contributed by atoms with Crippen molar-refractivity contribution in [1.29, 1.82) is 0 Å². The van der Waals surface area contributed by atoms with Crippen LogP contribution in [0.5, 0.6) is 5.75 Å². The second-order valence-electron chi connectivity index (χ2n) is 11.2. The fraction of sp³-hybridized carbons (Fsp3) is 0.467. The molecule has 3 aliphatic heterocycles. The van der Waals surface area contributed by atoms with Gasteiger partial charge in [0.25, 0.3) is 0 Å². The van der Waals surface area contributed by atoms with Crippen LogP contribution in [0.15, 0.2) is 36.5 Å². The smallest absolute Gasteiger partial charge is 0.229 e. The van der Waals surface area contributed by atoms with E-state index in [0.717, 1.165) is 76.5 Å². The van der Waals surface area contributed by atoms with Gasteiger partial charge in [0, 0.05) is 76.3 Å². The summed E-state index contributed by atoms with van der Waals surface area (Å²) in [5.41, 5.74) is 5.18. The van der Waals surface area contributed by atoms with Crippen LogP contribution in [0.3, 0.4) is 0 Å². The first-order valence-corrected chi connectivity index (χ1v) is 15.1. The molecule has 41 heavy (non-hydrogen) atoms. The molecule has 0 aliphatic carbocycles. The van der Waals surface area contributed by atoms with E-state index in [0.29, 0.717) is 39.3 Å². The van der Waals surface area contributed by atoms with Crippen molar-refractivity contribution < 1.29 is 4.74 Å². The molecule has 0 atom stereocenters. The van der Waals surface area contributed by atoms with E-state index in [-0.39, 0.29) is 0 Å². The molecule has 1 aromatic heterocycles. The largest absolute Gasteiger partial charge is 0.494 e. The number of anilines is 6. The lowest BCUT2D eigenvalue weighted by Gasteiger charge is -2.42. The van der Waals surface area contributed by atoms with Gasteiger partial charge in [-0.1, -0.05) is 29.3 Å². The van der Waals surface area contributed by atoms with E-state index >= 15 is 0 Å². The van der Waals surface area contributed by atoms with Crippen LogP contribution in [0.4, 0.5) is 34.5 Å². The van der Waals surface area contributed by atoms with Crippen LogP contribution in [0.1, 0.15) is 18.4 Å². The summed E-state index contributed by atoms with van der Waals surface area (Å²) in [4.78, 5) is 18.7. The minimum atomic E-state index is 0.394. The van der Waals surface area contributed by atoms with Crippen molar-refractivity contribution in [3.8, 4) is 5.75 Å². The quantitative estimate of drug-likeness (QED) is 0.368. The maximum atomic E-state index is 6.85. The molecular weight excluding hydrogens is 559 g/mol. The van der Waals surface area contributed by atoms with Crippen molar-refractivity contribution in [3.63, 3.8) is 0 Å². The third kappa shape index (κ3) is 6.14. The van der Waals surface area contributed by atoms with Crippen molar-refractivity contribution in [2.75, 3.05) is 87.5 Å². The number of ether oxygens (including phenoxy) is 1. The Bertz CT molecular complexity index is 1390. The summed E-state index contributed by atoms with van der Waals surface area (Å²) in [5.74, 6) is 1.60. The molecule has 11 heteroatoms. The molecule has 0 amide bonds. The van der Waals surface area contributed by atoms with E-state index in [1.165, 1.54) is 11.3 Å². The first-order chi connectivity index (χ1) is 19.9. The molecule has 3 aromatic rings. The van der Waals surface area contributed by atoms with Crippen molar-refractivity contribution in [1.82, 2.24) is 19.8 Å². The monoisotopic (exact) mass is 596 g/mol. The predicted octanol–water partition coefficient (Wildman–Crippen LogP) is 5.49. The molecule has 0 unspecified atom stereocenters. The van der Waals surface area contributed by atoms with Gasteiger partial charge in [-0.05, 0) is 50.1 Å². The normalized spacial score (nSPS) is 18.5. The molecule has 0 spiro atoms. The topological polar surface area (TPSA) is 72.0 Å². The van der Waals surface area contributed by atoms with E-state index in [4.69, 9.17) is 27.9 Å². The number of nitrogens with zero attached hydrogens (tertiary/aromatic N) is 6. The van der Waals surface area contributed by atoms with Crippen LogP contribution in [-0.4, -0.2) is 92.8 Å². The van der Waals surface area contributed by atoms with Crippen molar-refractivity contribution >= 4 is 57.7 Å². The number of aromatic nitrogens is 2. The average molecular weight is 598 g/mol. The van der Waals surface area contributed by atoms with Crippen LogP contribution in [-0.2, 0) is 6.42 Å². The van der Waals surface area contributed by atoms with E-state index in [2.05, 4.69) is 72.5 Å². The molecule has 2 N–H and O–H groups in total. The zero-order valence-electron chi connectivity index (χ0n) is 24.0. The standard InChI is InChI=1S/C30H38Cl2N8O/c1-37-12-14-39(15-13-37)22-7-10-40(11-8-22)27-18-28(41-3)25(17-23(27)31)35-30-33-19-24(32)29(36-30)34-21-5-4-20-6-9-38(2)26(20)16-21/h4-5,16-19,22H,6-15H2,1-3H3,(H2,33,34,35,36). The number of rotatable bonds is 7. The molecule has 2 aromatic carbocycles. The maximum absolute atomic E-state index is 6.85. The summed E-state index contributed by atoms with van der Waals surface area (Å²) in [6, 6.07) is 10.9. The summed E-state index contributed by atoms with van der Waals surface area (Å²) >= 11 is 13.3. The van der Waals surface area contributed by atoms with Gasteiger partial charge in [0.1, 0.15) is 10.8 Å². The molecule has 0 bridgehead atoms. The maximum Gasteiger partial charge on any atom is 0.229 e. The first kappa shape index (κ1) is 28.2. The highest BCUT2D eigenvalue weighted by atomic mass is 35.5. The number of hydrogen-bond acceptors (Lipinski definition) is 9. The Hall–Kier alpha value is -2.98. The van der Waals surface area contributed by atoms with Gasteiger partial charge >= 0.3 is 0 Å². The van der Waals surface area contributed by atoms with Gasteiger partial charge in [0.05, 0.1) is 29.7 Å². The Morgan fingerprint density at radius 3 is 2.41 bits per heavy atom. The van der Waals surface area contributed by atoms with Gasteiger partial charge in [-0.2, -0.15) is 4.98 Å². The molecule has 2 fully saturated rings. The van der Waals surface area contributed by atoms with Crippen LogP contribution < -0.4 is 25.2 Å². The highest BCUT2D eigenvalue weighted by molar-refractivity contribution is 6.34. The molecular formula is C30H38Cl2N8O. The number of methoxy groups -OCH3 is 1. The summed E-state index contributed by atoms with van der Waals surface area (Å²) in [5, 5.41) is 7.74. The number of halogens is 2. The Morgan fingerprint density at radius 2 is 1.66 bits per heavy atom. The summed E-state index contributed by atoms with van der Waals surface area (Å²) < 4.78 is 5.77. The fourth-order valence-electron chi connectivity index (χ4n) is 6.10. The zero-order chi connectivity index (χ0) is 28.5. The number of hydrogen-bond donors (Lipinski definition) is 2. The Balaban J connectivity index is 1.15. The van der Waals surface area contributed by atoms with E-state index < -0.39 is 0 Å². The van der Waals surface area contributed by atoms with Gasteiger partial charge in [-0.25, -0.2) is 4.98 Å². The third-order valence-corrected chi connectivity index (χ3v) is 9.17. The third-order valence-electron chi connectivity index (χ3n) is 8.59. The van der Waals surface area contributed by atoms with E-state index in [9.17, 15) is 0 Å². The number of benzene rings is 2. The Kier molecular flexibility index (Phi) is 8.30. The van der Waals surface area contributed by atoms with Gasteiger partial charge < -0.3 is 30.1 Å². The molecule has 3 aliphatic rings. The fourth-order valence-corrected chi connectivity index (χ4v) is 6.52. The summed E-state index contributed by atoms with van der Waals surface area (Å²) in [7, 11) is 5.98. The Morgan fingerprint density at radius 1 is 0.878 bits per heavy atom. The van der Waals surface area contributed by atoms with E-state index in [1.54, 1.807) is 13.3 Å². The second-order valence-corrected chi connectivity index (χ2v) is 12.0. The highest BCUT2D eigenvalue weighted by Crippen LogP contribution is 2.39. The molecule has 0 radical (unpaired) electrons. The molecule has 2 saturated heterocycles. The number of likely N-dealkylation sites (N-methyl/N-ethyl adjacent to an activating group) is 2. The lowest BCUT2D eigenvalue weighted by molar-refractivity contribution is 0.0982. The van der Waals surface area contributed by atoms with Crippen molar-refractivity contribution in [3.05, 3.63) is 52.1 Å². The molecule has 9 nitrogen and oxygen atoms in total. The minimum absolute atomic E-state index is 0.394. The summed E-state index contributed by atoms with van der Waals surface area (Å²) in [6.45, 7) is 7.59. The van der Waals surface area contributed by atoms with Gasteiger partial charge in [0.2, 0.25) is 5.95 Å². The van der Waals surface area contributed by atoms with Crippen LogP contribution in [0.25, 0.3) is 0 Å². The van der Waals surface area contributed by atoms with Crippen LogP contribution in [0.2, 0.25) is 10.0 Å². The molecule has 4 heterocycles. The number of fused-ring (bicyclic) bond motifs is 1. The van der Waals surface area contributed by atoms with Crippen molar-refractivity contribution in [2.24, 2.45) is 0 Å². The minimum Gasteiger partial charge on any atom is -0.494 e. The van der Waals surface area contributed by atoms with Crippen molar-refractivity contribution in [2.45, 2.75) is 25.3 Å². The predicted molar refractivity (Wildman–Crippen MR) is 169 cm³/mol. The first-order valence-electron chi connectivity index (χ1n) is 14.3. The second kappa shape index (κ2) is 12.1. The summed E-state index contributed by atoms with van der Waals surface area (Å²) in [6.07, 6.45) is 4.92. The number of piperidine rings is 1. The molecule has 0 saturated carbocycles. The molecule has 218 valence electrons. The van der Waals surface area contributed by atoms with Crippen LogP contribution >= 0.6 is 23.2 Å². The Labute approximate surface area is 252 Å². The highest BCUT2D eigenvalue weighted by Gasteiger charge is 2.28. The van der Waals surface area contributed by atoms with Gasteiger partial charge in [-0.15, -0.1) is 0 Å².